The molecular formula is C20H13F6NO4. The van der Waals surface area contributed by atoms with Crippen molar-refractivity contribution < 1.29 is 45.4 Å². The number of carbonyl (C=O) groups is 2. The van der Waals surface area contributed by atoms with Gasteiger partial charge in [-0.2, -0.15) is 26.3 Å². The second-order valence-corrected chi connectivity index (χ2v) is 7.13. The van der Waals surface area contributed by atoms with E-state index in [0.29, 0.717) is 36.1 Å². The van der Waals surface area contributed by atoms with Crippen molar-refractivity contribution in [3.8, 4) is 11.5 Å². The van der Waals surface area contributed by atoms with Crippen molar-refractivity contribution in [2.24, 2.45) is 0 Å². The largest absolute Gasteiger partial charge is 0.457 e. The van der Waals surface area contributed by atoms with Crippen LogP contribution in [0.15, 0.2) is 36.4 Å². The van der Waals surface area contributed by atoms with Crippen LogP contribution in [-0.4, -0.2) is 18.1 Å². The summed E-state index contributed by atoms with van der Waals surface area (Å²) in [6, 6.07) is 5.50. The molecule has 2 atom stereocenters. The third kappa shape index (κ3) is 4.04. The van der Waals surface area contributed by atoms with Gasteiger partial charge in [0, 0.05) is 5.92 Å². The number of halogens is 6. The summed E-state index contributed by atoms with van der Waals surface area (Å²) in [4.78, 5) is 23.1. The van der Waals surface area contributed by atoms with Crippen LogP contribution < -0.4 is 10.1 Å². The van der Waals surface area contributed by atoms with Crippen LogP contribution in [-0.2, 0) is 28.3 Å². The van der Waals surface area contributed by atoms with Gasteiger partial charge in [-0.25, -0.2) is 4.79 Å². The third-order valence-corrected chi connectivity index (χ3v) is 5.16. The molecule has 1 aliphatic carbocycles. The Hall–Kier alpha value is -3.24. The number of alkyl carbamates (subject to hydrolysis) is 1. The van der Waals surface area contributed by atoms with Gasteiger partial charge >= 0.3 is 18.4 Å². The first-order chi connectivity index (χ1) is 14.4. The average Bonchev–Trinajstić information content (AvgIpc) is 3.22. The van der Waals surface area contributed by atoms with E-state index in [1.165, 1.54) is 12.1 Å². The van der Waals surface area contributed by atoms with E-state index in [1.54, 1.807) is 6.07 Å². The van der Waals surface area contributed by atoms with Gasteiger partial charge in [-0.1, -0.05) is 6.07 Å². The Morgan fingerprint density at radius 1 is 0.968 bits per heavy atom. The molecule has 2 aromatic rings. The monoisotopic (exact) mass is 445 g/mol. The molecule has 1 heterocycles. The molecule has 164 valence electrons. The van der Waals surface area contributed by atoms with Gasteiger partial charge in [-0.05, 0) is 54.3 Å². The molecule has 4 rings (SSSR count). The Bertz CT molecular complexity index is 1060. The summed E-state index contributed by atoms with van der Waals surface area (Å²) in [6.45, 7) is 0. The third-order valence-electron chi connectivity index (χ3n) is 5.16. The lowest BCUT2D eigenvalue weighted by Gasteiger charge is -2.18. The van der Waals surface area contributed by atoms with Crippen LogP contribution in [0.25, 0.3) is 0 Å². The van der Waals surface area contributed by atoms with Gasteiger partial charge < -0.3 is 9.47 Å². The van der Waals surface area contributed by atoms with Crippen LogP contribution in [0.1, 0.15) is 34.6 Å². The number of alkyl halides is 6. The highest BCUT2D eigenvalue weighted by atomic mass is 19.4. The lowest BCUT2D eigenvalue weighted by atomic mass is 9.95. The Morgan fingerprint density at radius 2 is 1.71 bits per heavy atom. The Labute approximate surface area is 170 Å². The average molecular weight is 445 g/mol. The smallest absolute Gasteiger partial charge is 0.420 e. The van der Waals surface area contributed by atoms with E-state index in [0.717, 1.165) is 0 Å². The molecule has 1 aliphatic heterocycles. The van der Waals surface area contributed by atoms with Crippen molar-refractivity contribution in [1.82, 2.24) is 5.32 Å². The van der Waals surface area contributed by atoms with E-state index >= 15 is 0 Å². The summed E-state index contributed by atoms with van der Waals surface area (Å²) in [5, 5.41) is 2.04. The van der Waals surface area contributed by atoms with Gasteiger partial charge in [0.15, 0.2) is 6.10 Å². The van der Waals surface area contributed by atoms with Crippen LogP contribution in [0, 0.1) is 0 Å². The van der Waals surface area contributed by atoms with Crippen LogP contribution >= 0.6 is 0 Å². The number of cyclic esters (lactones) is 1. The number of benzene rings is 2. The molecule has 0 saturated carbocycles. The van der Waals surface area contributed by atoms with E-state index in [-0.39, 0.29) is 11.8 Å². The SMILES string of the molecule is O=C1NC(=O)C([C@@H]2CCc3cc(Oc4ccc(C(F)(F)F)cc4C(F)(F)F)ccc32)O1. The zero-order valence-corrected chi connectivity index (χ0v) is 15.4. The summed E-state index contributed by atoms with van der Waals surface area (Å²) in [6.07, 6.45) is -10.9. The molecule has 1 N–H and O–H groups in total. The molecule has 0 aromatic heterocycles. The molecule has 0 bridgehead atoms. The lowest BCUT2D eigenvalue weighted by Crippen LogP contribution is -2.28. The molecule has 31 heavy (non-hydrogen) atoms. The van der Waals surface area contributed by atoms with Gasteiger partial charge in [-0.3, -0.25) is 10.1 Å². The zero-order valence-electron chi connectivity index (χ0n) is 15.4. The van der Waals surface area contributed by atoms with Crippen molar-refractivity contribution in [3.05, 3.63) is 58.7 Å². The van der Waals surface area contributed by atoms with E-state index in [2.05, 4.69) is 0 Å². The molecule has 1 unspecified atom stereocenters. The first-order valence-corrected chi connectivity index (χ1v) is 9.04. The summed E-state index contributed by atoms with van der Waals surface area (Å²) >= 11 is 0. The number of nitrogens with one attached hydrogen (secondary N) is 1. The maximum atomic E-state index is 13.3. The van der Waals surface area contributed by atoms with Crippen molar-refractivity contribution >= 4 is 12.0 Å². The van der Waals surface area contributed by atoms with E-state index in [4.69, 9.17) is 9.47 Å². The molecule has 0 radical (unpaired) electrons. The summed E-state index contributed by atoms with van der Waals surface area (Å²) < 4.78 is 88.6. The van der Waals surface area contributed by atoms with Crippen molar-refractivity contribution in [2.75, 3.05) is 0 Å². The van der Waals surface area contributed by atoms with Crippen molar-refractivity contribution in [3.63, 3.8) is 0 Å². The Morgan fingerprint density at radius 3 is 2.32 bits per heavy atom. The predicted molar refractivity (Wildman–Crippen MR) is 92.4 cm³/mol. The van der Waals surface area contributed by atoms with E-state index < -0.39 is 53.3 Å². The number of aryl methyl sites for hydroxylation is 1. The maximum Gasteiger partial charge on any atom is 0.420 e. The minimum absolute atomic E-state index is 0.00229. The Kier molecular flexibility index (Phi) is 4.86. The quantitative estimate of drug-likeness (QED) is 0.662. The number of hydrogen-bond donors (Lipinski definition) is 1. The highest BCUT2D eigenvalue weighted by molar-refractivity contribution is 6.00. The van der Waals surface area contributed by atoms with Crippen LogP contribution in [0.5, 0.6) is 11.5 Å². The van der Waals surface area contributed by atoms with Gasteiger partial charge in [0.1, 0.15) is 11.5 Å². The topological polar surface area (TPSA) is 64.6 Å². The molecule has 1 fully saturated rings. The number of hydrogen-bond acceptors (Lipinski definition) is 4. The van der Waals surface area contributed by atoms with Gasteiger partial charge in [0.05, 0.1) is 11.1 Å². The van der Waals surface area contributed by atoms with E-state index in [1.807, 2.05) is 5.32 Å². The summed E-state index contributed by atoms with van der Waals surface area (Å²) in [5.41, 5.74) is -1.62. The van der Waals surface area contributed by atoms with Gasteiger partial charge in [0.2, 0.25) is 0 Å². The summed E-state index contributed by atoms with van der Waals surface area (Å²) in [5.74, 6) is -1.74. The van der Waals surface area contributed by atoms with Gasteiger partial charge in [0.25, 0.3) is 5.91 Å². The fourth-order valence-corrected chi connectivity index (χ4v) is 3.78. The van der Waals surface area contributed by atoms with Gasteiger partial charge in [-0.15, -0.1) is 0 Å². The number of carbonyl (C=O) groups excluding carboxylic acids is 2. The fraction of sp³-hybridized carbons (Fsp3) is 0.300. The normalized spacial score (nSPS) is 21.0. The fourth-order valence-electron chi connectivity index (χ4n) is 3.78. The number of rotatable bonds is 3. The molecular weight excluding hydrogens is 432 g/mol. The minimum atomic E-state index is -5.06. The Balaban J connectivity index is 1.62. The second kappa shape index (κ2) is 7.17. The molecule has 0 spiro atoms. The molecule has 2 aliphatic rings. The highest BCUT2D eigenvalue weighted by Gasteiger charge is 2.42. The molecule has 2 amide bonds. The number of fused-ring (bicyclic) bond motifs is 1. The first-order valence-electron chi connectivity index (χ1n) is 9.04. The molecule has 1 saturated heterocycles. The second-order valence-electron chi connectivity index (χ2n) is 7.13. The number of ether oxygens (including phenoxy) is 2. The van der Waals surface area contributed by atoms with Crippen molar-refractivity contribution in [2.45, 2.75) is 37.2 Å². The number of imide groups is 1. The summed E-state index contributed by atoms with van der Waals surface area (Å²) in [7, 11) is 0. The molecule has 2 aromatic carbocycles. The standard InChI is InChI=1S/C20H13F6NO4/c21-19(22,23)10-2-6-15(14(8-10)20(24,25)26)30-11-3-5-12-9(7-11)1-4-13(12)16-17(28)27-18(29)31-16/h2-3,5-8,13,16H,1,4H2,(H,27,28,29)/t13-,16?/m1/s1. The van der Waals surface area contributed by atoms with Crippen LogP contribution in [0.4, 0.5) is 31.1 Å². The zero-order chi connectivity index (χ0) is 22.6. The lowest BCUT2D eigenvalue weighted by molar-refractivity contribution is -0.143. The minimum Gasteiger partial charge on any atom is -0.457 e. The first kappa shape index (κ1) is 21.0. The van der Waals surface area contributed by atoms with Crippen LogP contribution in [0.3, 0.4) is 0 Å². The van der Waals surface area contributed by atoms with Crippen LogP contribution in [0.2, 0.25) is 0 Å². The maximum absolute atomic E-state index is 13.3. The molecule has 11 heteroatoms. The number of amides is 2. The molecule has 5 nitrogen and oxygen atoms in total. The van der Waals surface area contributed by atoms with Crippen molar-refractivity contribution in [1.29, 1.82) is 0 Å². The highest BCUT2D eigenvalue weighted by Crippen LogP contribution is 2.43. The predicted octanol–water partition coefficient (Wildman–Crippen LogP) is 5.18. The van der Waals surface area contributed by atoms with E-state index in [9.17, 15) is 35.9 Å².